The maximum atomic E-state index is 10.3. The first-order valence-corrected chi connectivity index (χ1v) is 25.1. The van der Waals surface area contributed by atoms with Crippen molar-refractivity contribution in [1.29, 1.82) is 0 Å². The lowest BCUT2D eigenvalue weighted by molar-refractivity contribution is 0.267. The van der Waals surface area contributed by atoms with E-state index in [1.807, 2.05) is 18.2 Å². The van der Waals surface area contributed by atoms with Gasteiger partial charge in [0, 0.05) is 0 Å². The van der Waals surface area contributed by atoms with Crippen LogP contribution >= 0.6 is 0 Å². The molecule has 350 valence electrons. The zero-order chi connectivity index (χ0) is 48.9. The molecule has 1 aliphatic rings. The maximum absolute atomic E-state index is 10.3. The number of unbranched alkanes of at least 4 members (excludes halogenated alkanes) is 1. The molecule has 12 aromatic rings. The van der Waals surface area contributed by atoms with Gasteiger partial charge >= 0.3 is 0 Å². The van der Waals surface area contributed by atoms with Crippen LogP contribution in [0, 0.1) is 0 Å². The number of hydrogen-bond donors (Lipinski definition) is 2. The average Bonchev–Trinajstić information content (AvgIpc) is 3.74. The number of hydrogen-bond acceptors (Lipinski definition) is 4. The second-order valence-electron chi connectivity index (χ2n) is 19.3. The highest BCUT2D eigenvalue weighted by atomic mass is 16.5. The predicted octanol–water partition coefficient (Wildman–Crippen LogP) is 17.3. The standard InChI is InChI=1S/C69H50O4/c70-57-31-25-47-37-51(22-20-49(47)41-57)61-11-1-3-13-63(61)64-14-4-2-12-62(64)52-21-19-45-27-33-59(43-53(45)38-52)72-35-9-10-36-73-60-34-28-46-23-29-56(40-54(46)44-60)69(55-30-24-50-42-58(71)32-26-48(50)39-55)67-17-7-5-15-65(67)66-16-6-8-18-68(66)69/h1-8,11-34,37-44,70-71H,9-10,35-36H2. The van der Waals surface area contributed by atoms with E-state index in [-0.39, 0.29) is 11.5 Å². The van der Waals surface area contributed by atoms with Gasteiger partial charge in [0.25, 0.3) is 0 Å². The summed E-state index contributed by atoms with van der Waals surface area (Å²) in [4.78, 5) is 0. The Balaban J connectivity index is 0.710. The first-order valence-electron chi connectivity index (χ1n) is 25.1. The summed E-state index contributed by atoms with van der Waals surface area (Å²) in [6.45, 7) is 1.17. The van der Waals surface area contributed by atoms with Crippen molar-refractivity contribution in [2.75, 3.05) is 13.2 Å². The summed E-state index contributed by atoms with van der Waals surface area (Å²) in [5.74, 6) is 2.24. The van der Waals surface area contributed by atoms with E-state index in [0.717, 1.165) is 84.1 Å². The van der Waals surface area contributed by atoms with Crippen LogP contribution in [0.5, 0.6) is 23.0 Å². The van der Waals surface area contributed by atoms with Gasteiger partial charge in [-0.05, 0) is 195 Å². The van der Waals surface area contributed by atoms with Gasteiger partial charge in [-0.1, -0.05) is 170 Å². The summed E-state index contributed by atoms with van der Waals surface area (Å²) in [5, 5.41) is 29.1. The summed E-state index contributed by atoms with van der Waals surface area (Å²) >= 11 is 0. The van der Waals surface area contributed by atoms with Crippen molar-refractivity contribution in [3.05, 3.63) is 265 Å². The summed E-state index contributed by atoms with van der Waals surface area (Å²) in [5.41, 5.74) is 13.8. The van der Waals surface area contributed by atoms with Gasteiger partial charge in [0.05, 0.1) is 18.6 Å². The normalized spacial score (nSPS) is 12.5. The van der Waals surface area contributed by atoms with Crippen LogP contribution in [0.3, 0.4) is 0 Å². The summed E-state index contributed by atoms with van der Waals surface area (Å²) in [7, 11) is 0. The highest BCUT2D eigenvalue weighted by molar-refractivity contribution is 5.98. The molecule has 0 amide bonds. The summed E-state index contributed by atoms with van der Waals surface area (Å²) in [6.07, 6.45) is 1.71. The molecule has 4 heteroatoms. The van der Waals surface area contributed by atoms with Crippen molar-refractivity contribution >= 4 is 43.1 Å². The first kappa shape index (κ1) is 43.9. The van der Waals surface area contributed by atoms with Gasteiger partial charge in [-0.3, -0.25) is 0 Å². The maximum Gasteiger partial charge on any atom is 0.119 e. The molecule has 0 radical (unpaired) electrons. The molecule has 0 bridgehead atoms. The zero-order valence-electron chi connectivity index (χ0n) is 40.1. The average molecular weight is 943 g/mol. The molecule has 12 aromatic carbocycles. The molecule has 4 nitrogen and oxygen atoms in total. The zero-order valence-corrected chi connectivity index (χ0v) is 40.1. The van der Waals surface area contributed by atoms with Crippen LogP contribution in [0.4, 0.5) is 0 Å². The van der Waals surface area contributed by atoms with E-state index in [2.05, 4.69) is 206 Å². The molecule has 0 saturated heterocycles. The molecule has 0 saturated carbocycles. The van der Waals surface area contributed by atoms with Crippen LogP contribution in [0.15, 0.2) is 243 Å². The Morgan fingerprint density at radius 2 is 0.658 bits per heavy atom. The van der Waals surface area contributed by atoms with Crippen molar-refractivity contribution < 1.29 is 19.7 Å². The third-order valence-electron chi connectivity index (χ3n) is 14.9. The largest absolute Gasteiger partial charge is 0.508 e. The third-order valence-corrected chi connectivity index (χ3v) is 14.9. The molecule has 13 rings (SSSR count). The first-order chi connectivity index (χ1) is 36.0. The van der Waals surface area contributed by atoms with Crippen LogP contribution in [0.25, 0.3) is 87.6 Å². The highest BCUT2D eigenvalue weighted by Crippen LogP contribution is 2.56. The minimum atomic E-state index is -0.552. The van der Waals surface area contributed by atoms with Crippen molar-refractivity contribution in [3.8, 4) is 67.5 Å². The Bertz CT molecular complexity index is 4050. The van der Waals surface area contributed by atoms with Crippen LogP contribution in [0.1, 0.15) is 35.1 Å². The van der Waals surface area contributed by atoms with E-state index in [1.165, 1.54) is 50.1 Å². The van der Waals surface area contributed by atoms with Gasteiger partial charge in [0.2, 0.25) is 0 Å². The summed E-state index contributed by atoms with van der Waals surface area (Å²) < 4.78 is 12.8. The van der Waals surface area contributed by atoms with E-state index in [9.17, 15) is 10.2 Å². The predicted molar refractivity (Wildman–Crippen MR) is 300 cm³/mol. The fourth-order valence-corrected chi connectivity index (χ4v) is 11.4. The van der Waals surface area contributed by atoms with E-state index in [4.69, 9.17) is 9.47 Å². The minimum absolute atomic E-state index is 0.267. The Kier molecular flexibility index (Phi) is 11.0. The molecule has 2 N–H and O–H groups in total. The minimum Gasteiger partial charge on any atom is -0.508 e. The molecule has 73 heavy (non-hydrogen) atoms. The quantitative estimate of drug-likeness (QED) is 0.120. The van der Waals surface area contributed by atoms with Crippen LogP contribution in [-0.4, -0.2) is 23.4 Å². The molecule has 0 unspecified atom stereocenters. The number of phenols is 2. The molecule has 0 spiro atoms. The number of rotatable bonds is 12. The van der Waals surface area contributed by atoms with Gasteiger partial charge in [-0.2, -0.15) is 0 Å². The highest BCUT2D eigenvalue weighted by Gasteiger charge is 2.46. The molecule has 0 aromatic heterocycles. The van der Waals surface area contributed by atoms with Crippen molar-refractivity contribution in [3.63, 3.8) is 0 Å². The molecule has 0 fully saturated rings. The fraction of sp³-hybridized carbons (Fsp3) is 0.0725. The van der Waals surface area contributed by atoms with Crippen molar-refractivity contribution in [1.82, 2.24) is 0 Å². The number of aromatic hydroxyl groups is 2. The van der Waals surface area contributed by atoms with Gasteiger partial charge in [0.1, 0.15) is 23.0 Å². The van der Waals surface area contributed by atoms with E-state index in [0.29, 0.717) is 13.2 Å². The molecular formula is C69H50O4. The van der Waals surface area contributed by atoms with Crippen molar-refractivity contribution in [2.24, 2.45) is 0 Å². The van der Waals surface area contributed by atoms with Crippen LogP contribution < -0.4 is 9.47 Å². The second-order valence-corrected chi connectivity index (χ2v) is 19.3. The number of ether oxygens (including phenoxy) is 2. The Hall–Kier alpha value is -9.12. The summed E-state index contributed by atoms with van der Waals surface area (Å²) in [6, 6.07) is 85.4. The smallest absolute Gasteiger partial charge is 0.119 e. The number of benzene rings is 12. The molecule has 0 heterocycles. The number of phenolic OH excluding ortho intramolecular Hbond substituents is 2. The van der Waals surface area contributed by atoms with Gasteiger partial charge in [-0.15, -0.1) is 0 Å². The Morgan fingerprint density at radius 3 is 1.21 bits per heavy atom. The van der Waals surface area contributed by atoms with Gasteiger partial charge in [-0.25, -0.2) is 0 Å². The Labute approximate surface area is 424 Å². The van der Waals surface area contributed by atoms with E-state index >= 15 is 0 Å². The topological polar surface area (TPSA) is 58.9 Å². The van der Waals surface area contributed by atoms with Crippen molar-refractivity contribution in [2.45, 2.75) is 18.3 Å². The molecule has 0 aliphatic heterocycles. The molecular weight excluding hydrogens is 893 g/mol. The van der Waals surface area contributed by atoms with Crippen LogP contribution in [-0.2, 0) is 5.41 Å². The number of fused-ring (bicyclic) bond motifs is 7. The third kappa shape index (κ3) is 7.89. The fourth-order valence-electron chi connectivity index (χ4n) is 11.4. The molecule has 0 atom stereocenters. The SMILES string of the molecule is Oc1ccc2cc(-c3ccccc3-c3ccccc3-c3ccc4ccc(OCCCCOc5ccc6ccc(C7(c8ccc9cc(O)ccc9c8)c8ccccc8-c8ccccc87)cc6c5)cc4c3)ccc2c1. The van der Waals surface area contributed by atoms with E-state index < -0.39 is 5.41 Å². The molecule has 1 aliphatic carbocycles. The van der Waals surface area contributed by atoms with Crippen LogP contribution in [0.2, 0.25) is 0 Å². The monoisotopic (exact) mass is 942 g/mol. The second kappa shape index (κ2) is 18.2. The lowest BCUT2D eigenvalue weighted by Gasteiger charge is -2.34. The Morgan fingerprint density at radius 1 is 0.288 bits per heavy atom. The lowest BCUT2D eigenvalue weighted by Crippen LogP contribution is -2.28. The van der Waals surface area contributed by atoms with Gasteiger partial charge < -0.3 is 19.7 Å². The lowest BCUT2D eigenvalue weighted by atomic mass is 9.67. The van der Waals surface area contributed by atoms with Gasteiger partial charge in [0.15, 0.2) is 0 Å². The van der Waals surface area contributed by atoms with E-state index in [1.54, 1.807) is 18.2 Å².